The third-order valence-electron chi connectivity index (χ3n) is 7.01. The van der Waals surface area contributed by atoms with Crippen LogP contribution in [-0.4, -0.2) is 29.0 Å². The Labute approximate surface area is 211 Å². The average molecular weight is 483 g/mol. The zero-order valence-corrected chi connectivity index (χ0v) is 20.8. The van der Waals surface area contributed by atoms with Crippen molar-refractivity contribution >= 4 is 17.7 Å². The van der Waals surface area contributed by atoms with Gasteiger partial charge in [-0.05, 0) is 61.2 Å². The molecule has 0 N–H and O–H groups in total. The molecule has 2 heterocycles. The first kappa shape index (κ1) is 23.5. The van der Waals surface area contributed by atoms with Gasteiger partial charge < -0.3 is 9.64 Å². The lowest BCUT2D eigenvalue weighted by Gasteiger charge is -2.39. The summed E-state index contributed by atoms with van der Waals surface area (Å²) in [6.07, 6.45) is 3.82. The first-order valence-corrected chi connectivity index (χ1v) is 13.5. The lowest BCUT2D eigenvalue weighted by molar-refractivity contribution is 0.0359. The van der Waals surface area contributed by atoms with Crippen LogP contribution in [0.3, 0.4) is 0 Å². The van der Waals surface area contributed by atoms with Gasteiger partial charge in [-0.15, -0.1) is 0 Å². The van der Waals surface area contributed by atoms with Gasteiger partial charge in [0.15, 0.2) is 0 Å². The normalized spacial score (nSPS) is 20.9. The second-order valence-corrected chi connectivity index (χ2v) is 10.6. The maximum Gasteiger partial charge on any atom is 0.254 e. The van der Waals surface area contributed by atoms with E-state index in [1.54, 1.807) is 12.1 Å². The fraction of sp³-hybridized carbons (Fsp3) is 0.333. The molecule has 2 bridgehead atoms. The smallest absolute Gasteiger partial charge is 0.254 e. The number of rotatable bonds is 7. The number of nitrogens with zero attached hydrogens (tertiary/aromatic N) is 2. The molecule has 3 aromatic carbocycles. The van der Waals surface area contributed by atoms with E-state index in [-0.39, 0.29) is 24.1 Å². The average Bonchev–Trinajstić information content (AvgIpc) is 3.14. The summed E-state index contributed by atoms with van der Waals surface area (Å²) in [5.74, 6) is 2.80. The van der Waals surface area contributed by atoms with Crippen LogP contribution in [0, 0.1) is 18.3 Å². The molecule has 35 heavy (non-hydrogen) atoms. The Hall–Kier alpha value is -3.23. The van der Waals surface area contributed by atoms with E-state index in [2.05, 4.69) is 54.3 Å². The fourth-order valence-corrected chi connectivity index (χ4v) is 6.31. The molecule has 2 saturated heterocycles. The van der Waals surface area contributed by atoms with Crippen molar-refractivity contribution in [3.63, 3.8) is 0 Å². The van der Waals surface area contributed by atoms with Gasteiger partial charge in [0.05, 0.1) is 11.6 Å². The van der Waals surface area contributed by atoms with E-state index in [1.807, 2.05) is 36.0 Å². The van der Waals surface area contributed by atoms with Gasteiger partial charge in [-0.3, -0.25) is 4.79 Å². The van der Waals surface area contributed by atoms with Crippen molar-refractivity contribution in [2.45, 2.75) is 62.3 Å². The molecule has 0 aliphatic carbocycles. The third-order valence-corrected chi connectivity index (χ3v) is 8.09. The number of hydrogen-bond donors (Lipinski definition) is 0. The maximum atomic E-state index is 13.4. The van der Waals surface area contributed by atoms with Crippen LogP contribution >= 0.6 is 11.8 Å². The number of piperidine rings is 1. The fourth-order valence-electron chi connectivity index (χ4n) is 5.37. The zero-order valence-electron chi connectivity index (χ0n) is 20.0. The number of amides is 1. The highest BCUT2D eigenvalue weighted by molar-refractivity contribution is 7.97. The minimum absolute atomic E-state index is 0.0818. The minimum atomic E-state index is 0.0818. The van der Waals surface area contributed by atoms with E-state index >= 15 is 0 Å². The molecule has 3 aromatic rings. The topological polar surface area (TPSA) is 53.3 Å². The van der Waals surface area contributed by atoms with E-state index in [4.69, 9.17) is 10.00 Å². The van der Waals surface area contributed by atoms with Gasteiger partial charge in [0.2, 0.25) is 0 Å². The zero-order chi connectivity index (χ0) is 24.2. The van der Waals surface area contributed by atoms with E-state index in [0.29, 0.717) is 5.56 Å². The summed E-state index contributed by atoms with van der Waals surface area (Å²) in [5.41, 5.74) is 5.27. The van der Waals surface area contributed by atoms with E-state index < -0.39 is 0 Å². The molecular formula is C30H30N2O2S. The van der Waals surface area contributed by atoms with Crippen molar-refractivity contribution in [1.82, 2.24) is 4.90 Å². The number of carbonyl (C=O) groups is 1. The molecule has 178 valence electrons. The van der Waals surface area contributed by atoms with Gasteiger partial charge in [-0.1, -0.05) is 48.0 Å². The molecule has 0 spiro atoms. The second-order valence-electron chi connectivity index (χ2n) is 9.63. The standard InChI is InChI=1S/C30H30N2O2S/c1-21-4-2-6-24(14-21)20-35-19-22-8-10-25(11-9-22)30(33)32-26-12-13-27(32)17-29(16-26)34-28-7-3-5-23(15-28)18-31/h2-11,14-15,26-27,29H,12-13,16-17,19-20H2,1H3. The summed E-state index contributed by atoms with van der Waals surface area (Å²) in [7, 11) is 0. The highest BCUT2D eigenvalue weighted by Gasteiger charge is 2.44. The predicted octanol–water partition coefficient (Wildman–Crippen LogP) is 6.51. The molecule has 2 aliphatic heterocycles. The molecule has 4 nitrogen and oxygen atoms in total. The third kappa shape index (κ3) is 5.55. The van der Waals surface area contributed by atoms with Gasteiger partial charge in [-0.25, -0.2) is 0 Å². The van der Waals surface area contributed by atoms with Gasteiger partial charge in [0.25, 0.3) is 5.91 Å². The summed E-state index contributed by atoms with van der Waals surface area (Å²) in [4.78, 5) is 15.5. The summed E-state index contributed by atoms with van der Waals surface area (Å²) in [6, 6.07) is 26.7. The van der Waals surface area contributed by atoms with Crippen LogP contribution in [0.5, 0.6) is 5.75 Å². The van der Waals surface area contributed by atoms with Crippen molar-refractivity contribution in [3.8, 4) is 11.8 Å². The van der Waals surface area contributed by atoms with Gasteiger partial charge in [-0.2, -0.15) is 17.0 Å². The number of aryl methyl sites for hydroxylation is 1. The van der Waals surface area contributed by atoms with Gasteiger partial charge >= 0.3 is 0 Å². The molecular weight excluding hydrogens is 452 g/mol. The SMILES string of the molecule is Cc1cccc(CSCc2ccc(C(=O)N3C4CCC3CC(Oc3cccc(C#N)c3)C4)cc2)c1. The van der Waals surface area contributed by atoms with Gasteiger partial charge in [0, 0.05) is 42.0 Å². The Kier molecular flexibility index (Phi) is 7.11. The monoisotopic (exact) mass is 482 g/mol. The van der Waals surface area contributed by atoms with Crippen LogP contribution in [0.25, 0.3) is 0 Å². The molecule has 0 aromatic heterocycles. The molecule has 5 rings (SSSR count). The number of hydrogen-bond acceptors (Lipinski definition) is 4. The van der Waals surface area contributed by atoms with Crippen LogP contribution in [0.4, 0.5) is 0 Å². The Balaban J connectivity index is 1.16. The van der Waals surface area contributed by atoms with Crippen LogP contribution in [0.1, 0.15) is 58.3 Å². The predicted molar refractivity (Wildman–Crippen MR) is 140 cm³/mol. The minimum Gasteiger partial charge on any atom is -0.490 e. The lowest BCUT2D eigenvalue weighted by atomic mass is 9.98. The maximum absolute atomic E-state index is 13.4. The molecule has 0 saturated carbocycles. The molecule has 2 fully saturated rings. The number of ether oxygens (including phenoxy) is 1. The Morgan fingerprint density at radius 2 is 1.69 bits per heavy atom. The quantitative estimate of drug-likeness (QED) is 0.385. The molecule has 2 aliphatic rings. The van der Waals surface area contributed by atoms with Crippen molar-refractivity contribution in [3.05, 3.63) is 101 Å². The number of carbonyl (C=O) groups excluding carboxylic acids is 1. The molecule has 1 amide bonds. The highest BCUT2D eigenvalue weighted by atomic mass is 32.2. The van der Waals surface area contributed by atoms with Crippen molar-refractivity contribution in [2.24, 2.45) is 0 Å². The summed E-state index contributed by atoms with van der Waals surface area (Å²) in [6.45, 7) is 2.13. The summed E-state index contributed by atoms with van der Waals surface area (Å²) < 4.78 is 6.21. The first-order chi connectivity index (χ1) is 17.1. The van der Waals surface area contributed by atoms with E-state index in [0.717, 1.165) is 48.5 Å². The molecule has 2 atom stereocenters. The van der Waals surface area contributed by atoms with Crippen LogP contribution in [0.2, 0.25) is 0 Å². The number of benzene rings is 3. The highest BCUT2D eigenvalue weighted by Crippen LogP contribution is 2.38. The van der Waals surface area contributed by atoms with E-state index in [1.165, 1.54) is 16.7 Å². The van der Waals surface area contributed by atoms with Crippen molar-refractivity contribution in [1.29, 1.82) is 5.26 Å². The summed E-state index contributed by atoms with van der Waals surface area (Å²) >= 11 is 1.90. The largest absolute Gasteiger partial charge is 0.490 e. The number of thioether (sulfide) groups is 1. The van der Waals surface area contributed by atoms with Crippen LogP contribution in [-0.2, 0) is 11.5 Å². The van der Waals surface area contributed by atoms with E-state index in [9.17, 15) is 4.79 Å². The number of nitriles is 1. The molecule has 2 unspecified atom stereocenters. The Bertz CT molecular complexity index is 1220. The van der Waals surface area contributed by atoms with Crippen molar-refractivity contribution < 1.29 is 9.53 Å². The summed E-state index contributed by atoms with van der Waals surface area (Å²) in [5, 5.41) is 9.13. The van der Waals surface area contributed by atoms with Crippen molar-refractivity contribution in [2.75, 3.05) is 0 Å². The lowest BCUT2D eigenvalue weighted by Crippen LogP contribution is -2.49. The number of fused-ring (bicyclic) bond motifs is 2. The van der Waals surface area contributed by atoms with Gasteiger partial charge in [0.1, 0.15) is 11.9 Å². The second kappa shape index (κ2) is 10.6. The van der Waals surface area contributed by atoms with Crippen LogP contribution in [0.15, 0.2) is 72.8 Å². The molecule has 0 radical (unpaired) electrons. The Morgan fingerprint density at radius 3 is 2.40 bits per heavy atom. The first-order valence-electron chi connectivity index (χ1n) is 12.3. The Morgan fingerprint density at radius 1 is 0.971 bits per heavy atom. The molecule has 5 heteroatoms. The van der Waals surface area contributed by atoms with Crippen LogP contribution < -0.4 is 4.74 Å².